The minimum Gasteiger partial charge on any atom is -0.385 e. The van der Waals surface area contributed by atoms with Crippen molar-refractivity contribution in [3.05, 3.63) is 29.7 Å². The predicted molar refractivity (Wildman–Crippen MR) is 86.4 cm³/mol. The molecule has 0 atom stereocenters. The van der Waals surface area contributed by atoms with Crippen LogP contribution in [-0.2, 0) is 14.6 Å². The van der Waals surface area contributed by atoms with E-state index in [4.69, 9.17) is 4.74 Å². The Bertz CT molecular complexity index is 559. The zero-order chi connectivity index (χ0) is 15.7. The summed E-state index contributed by atoms with van der Waals surface area (Å²) >= 11 is 0. The molecule has 0 spiro atoms. The number of methoxy groups -OCH3 is 1. The first-order chi connectivity index (χ1) is 9.96. The fourth-order valence-corrected chi connectivity index (χ4v) is 2.24. The molecule has 21 heavy (non-hydrogen) atoms. The van der Waals surface area contributed by atoms with Crippen LogP contribution in [0.2, 0.25) is 0 Å². The molecule has 1 heterocycles. The van der Waals surface area contributed by atoms with Crippen LogP contribution in [0, 0.1) is 6.92 Å². The van der Waals surface area contributed by atoms with Gasteiger partial charge in [-0.1, -0.05) is 6.58 Å². The van der Waals surface area contributed by atoms with Crippen molar-refractivity contribution in [2.24, 2.45) is 0 Å². The molecule has 0 saturated heterocycles. The van der Waals surface area contributed by atoms with Crippen LogP contribution in [0.3, 0.4) is 0 Å². The van der Waals surface area contributed by atoms with Gasteiger partial charge in [0.1, 0.15) is 11.6 Å². The average Bonchev–Trinajstić information content (AvgIpc) is 2.43. The molecule has 0 amide bonds. The molecular weight excluding hydrogens is 290 g/mol. The smallest absolute Gasteiger partial charge is 0.172 e. The topological polar surface area (TPSA) is 80.3 Å². The number of nitrogens with one attached hydrogen (secondary N) is 2. The maximum absolute atomic E-state index is 11.3. The van der Waals surface area contributed by atoms with Gasteiger partial charge in [0.25, 0.3) is 0 Å². The number of rotatable bonds is 10. The molecule has 1 aromatic heterocycles. The summed E-state index contributed by atoms with van der Waals surface area (Å²) in [5.74, 6) is 1.42. The van der Waals surface area contributed by atoms with E-state index in [1.165, 1.54) is 0 Å². The van der Waals surface area contributed by atoms with Crippen LogP contribution in [0.25, 0.3) is 0 Å². The number of aryl methyl sites for hydroxylation is 1. The minimum absolute atomic E-state index is 0.00270. The quantitative estimate of drug-likeness (QED) is 0.641. The first-order valence-electron chi connectivity index (χ1n) is 6.77. The molecule has 118 valence electrons. The van der Waals surface area contributed by atoms with E-state index in [-0.39, 0.29) is 5.75 Å². The zero-order valence-corrected chi connectivity index (χ0v) is 13.4. The second kappa shape index (κ2) is 8.63. The Kier molecular flexibility index (Phi) is 7.18. The van der Waals surface area contributed by atoms with Gasteiger partial charge in [0.15, 0.2) is 9.84 Å². The highest BCUT2D eigenvalue weighted by molar-refractivity contribution is 7.94. The Morgan fingerprint density at radius 1 is 1.29 bits per heavy atom. The number of aromatic nitrogens is 1. The normalized spacial score (nSPS) is 11.1. The SMILES string of the molecule is C=CS(=O)(=O)CCNc1cc(C)cc(NCCCOC)n1. The zero-order valence-electron chi connectivity index (χ0n) is 12.6. The first kappa shape index (κ1) is 17.5. The summed E-state index contributed by atoms with van der Waals surface area (Å²) in [6.07, 6.45) is 0.895. The number of ether oxygens (including phenoxy) is 1. The molecule has 0 aliphatic heterocycles. The molecule has 0 saturated carbocycles. The summed E-state index contributed by atoms with van der Waals surface area (Å²) in [5, 5.41) is 7.20. The molecule has 1 rings (SSSR count). The number of pyridine rings is 1. The van der Waals surface area contributed by atoms with Crippen molar-refractivity contribution in [1.82, 2.24) is 4.98 Å². The number of hydrogen-bond acceptors (Lipinski definition) is 6. The molecule has 1 aromatic rings. The summed E-state index contributed by atoms with van der Waals surface area (Å²) in [5.41, 5.74) is 1.05. The van der Waals surface area contributed by atoms with Gasteiger partial charge in [-0.05, 0) is 31.0 Å². The summed E-state index contributed by atoms with van der Waals surface area (Å²) in [7, 11) is -1.52. The van der Waals surface area contributed by atoms with Gasteiger partial charge in [-0.2, -0.15) is 0 Å². The fraction of sp³-hybridized carbons (Fsp3) is 0.500. The molecule has 0 aliphatic rings. The molecule has 0 fully saturated rings. The Balaban J connectivity index is 2.54. The van der Waals surface area contributed by atoms with Gasteiger partial charge in [-0.15, -0.1) is 0 Å². The van der Waals surface area contributed by atoms with Gasteiger partial charge in [0.05, 0.1) is 5.75 Å². The van der Waals surface area contributed by atoms with Crippen LogP contribution in [0.1, 0.15) is 12.0 Å². The van der Waals surface area contributed by atoms with Crippen molar-refractivity contribution in [2.45, 2.75) is 13.3 Å². The van der Waals surface area contributed by atoms with Gasteiger partial charge >= 0.3 is 0 Å². The third-order valence-electron chi connectivity index (χ3n) is 2.75. The lowest BCUT2D eigenvalue weighted by atomic mass is 10.3. The molecule has 0 aromatic carbocycles. The number of nitrogens with zero attached hydrogens (tertiary/aromatic N) is 1. The highest BCUT2D eigenvalue weighted by atomic mass is 32.2. The lowest BCUT2D eigenvalue weighted by molar-refractivity contribution is 0.198. The van der Waals surface area contributed by atoms with E-state index in [1.54, 1.807) is 7.11 Å². The lowest BCUT2D eigenvalue weighted by Crippen LogP contribution is -2.15. The van der Waals surface area contributed by atoms with Crippen molar-refractivity contribution >= 4 is 21.5 Å². The monoisotopic (exact) mass is 313 g/mol. The number of anilines is 2. The summed E-state index contributed by atoms with van der Waals surface area (Å²) < 4.78 is 27.6. The van der Waals surface area contributed by atoms with Crippen LogP contribution in [0.5, 0.6) is 0 Å². The number of sulfone groups is 1. The van der Waals surface area contributed by atoms with E-state index in [0.29, 0.717) is 19.0 Å². The van der Waals surface area contributed by atoms with Gasteiger partial charge in [0, 0.05) is 32.2 Å². The Morgan fingerprint density at radius 2 is 1.90 bits per heavy atom. The van der Waals surface area contributed by atoms with Gasteiger partial charge in [-0.25, -0.2) is 13.4 Å². The third kappa shape index (κ3) is 7.10. The largest absolute Gasteiger partial charge is 0.385 e. The average molecular weight is 313 g/mol. The highest BCUT2D eigenvalue weighted by Crippen LogP contribution is 2.13. The molecule has 7 heteroatoms. The lowest BCUT2D eigenvalue weighted by Gasteiger charge is -2.10. The molecule has 0 aliphatic carbocycles. The minimum atomic E-state index is -3.19. The Morgan fingerprint density at radius 3 is 2.48 bits per heavy atom. The summed E-state index contributed by atoms with van der Waals surface area (Å²) in [6, 6.07) is 3.82. The Labute approximate surface area is 126 Å². The maximum atomic E-state index is 11.3. The van der Waals surface area contributed by atoms with Gasteiger partial charge < -0.3 is 15.4 Å². The van der Waals surface area contributed by atoms with Crippen molar-refractivity contribution < 1.29 is 13.2 Å². The Hall–Kier alpha value is -1.60. The molecule has 0 radical (unpaired) electrons. The van der Waals surface area contributed by atoms with Crippen LogP contribution >= 0.6 is 0 Å². The third-order valence-corrected chi connectivity index (χ3v) is 4.03. The second-order valence-electron chi connectivity index (χ2n) is 4.65. The van der Waals surface area contributed by atoms with E-state index < -0.39 is 9.84 Å². The van der Waals surface area contributed by atoms with Crippen LogP contribution < -0.4 is 10.6 Å². The molecule has 6 nitrogen and oxygen atoms in total. The van der Waals surface area contributed by atoms with Crippen molar-refractivity contribution in [2.75, 3.05) is 43.2 Å². The molecule has 0 unspecified atom stereocenters. The van der Waals surface area contributed by atoms with E-state index in [2.05, 4.69) is 22.2 Å². The fourth-order valence-electron chi connectivity index (χ4n) is 1.69. The van der Waals surface area contributed by atoms with Crippen LogP contribution in [0.4, 0.5) is 11.6 Å². The van der Waals surface area contributed by atoms with E-state index in [9.17, 15) is 8.42 Å². The summed E-state index contributed by atoms with van der Waals surface area (Å²) in [6.45, 7) is 7.02. The summed E-state index contributed by atoms with van der Waals surface area (Å²) in [4.78, 5) is 4.39. The van der Waals surface area contributed by atoms with Crippen LogP contribution in [0.15, 0.2) is 24.1 Å². The maximum Gasteiger partial charge on any atom is 0.172 e. The van der Waals surface area contributed by atoms with Crippen molar-refractivity contribution in [1.29, 1.82) is 0 Å². The van der Waals surface area contributed by atoms with Crippen LogP contribution in [-0.4, -0.2) is 46.0 Å². The van der Waals surface area contributed by atoms with Gasteiger partial charge in [-0.3, -0.25) is 0 Å². The predicted octanol–water partition coefficient (Wildman–Crippen LogP) is 1.81. The second-order valence-corrected chi connectivity index (χ2v) is 6.72. The molecule has 2 N–H and O–H groups in total. The standard InChI is InChI=1S/C14H23N3O3S/c1-4-21(18,19)9-7-16-14-11-12(2)10-13(17-14)15-6-5-8-20-3/h4,10-11H,1,5-9H2,2-3H3,(H2,15,16,17). The first-order valence-corrected chi connectivity index (χ1v) is 8.49. The highest BCUT2D eigenvalue weighted by Gasteiger charge is 2.05. The number of hydrogen-bond donors (Lipinski definition) is 2. The van der Waals surface area contributed by atoms with Gasteiger partial charge in [0.2, 0.25) is 0 Å². The molecular formula is C14H23N3O3S. The van der Waals surface area contributed by atoms with Crippen molar-refractivity contribution in [3.63, 3.8) is 0 Å². The van der Waals surface area contributed by atoms with Crippen molar-refractivity contribution in [3.8, 4) is 0 Å². The molecule has 0 bridgehead atoms. The van der Waals surface area contributed by atoms with E-state index in [0.717, 1.165) is 29.8 Å². The van der Waals surface area contributed by atoms with E-state index in [1.807, 2.05) is 19.1 Å². The van der Waals surface area contributed by atoms with E-state index >= 15 is 0 Å².